The number of alkyl halides is 6. The lowest BCUT2D eigenvalue weighted by Gasteiger charge is -2.42. The molecule has 0 saturated carbocycles. The van der Waals surface area contributed by atoms with Gasteiger partial charge in [-0.1, -0.05) is 12.1 Å². The number of carbonyl (C=O) groups is 3. The van der Waals surface area contributed by atoms with Gasteiger partial charge < -0.3 is 31.5 Å². The Kier molecular flexibility index (Phi) is 9.18. The number of anilines is 2. The molecule has 3 rings (SSSR count). The summed E-state index contributed by atoms with van der Waals surface area (Å²) in [6.07, 6.45) is -9.15. The second-order valence-corrected chi connectivity index (χ2v) is 10.0. The summed E-state index contributed by atoms with van der Waals surface area (Å²) >= 11 is 0. The summed E-state index contributed by atoms with van der Waals surface area (Å²) < 4.78 is 72.4. The number of carbonyl (C=O) groups excluding carboxylic acids is 2. The molecule has 0 radical (unpaired) electrons. The Labute approximate surface area is 229 Å². The molecule has 0 bridgehead atoms. The number of carboxylic acids is 1. The predicted octanol–water partition coefficient (Wildman–Crippen LogP) is 2.35. The normalized spacial score (nSPS) is 16.0. The molecule has 1 aliphatic heterocycles. The van der Waals surface area contributed by atoms with Crippen LogP contribution in [0, 0.1) is 6.92 Å². The summed E-state index contributed by atoms with van der Waals surface area (Å²) in [6, 6.07) is 3.29. The number of aromatic nitrogens is 2. The SMILES string of the molecule is Cc1ccc(C(O)(C(N)=O)C(F)(F)F)cc1-c1cnc(N)c(N2CCN(C(C)(C)C)C(=O)C2)n1.O=C(O)C(F)(F)F. The molecule has 1 aromatic heterocycles. The van der Waals surface area contributed by atoms with Crippen molar-refractivity contribution in [3.8, 4) is 11.3 Å². The first kappa shape index (κ1) is 33.1. The highest BCUT2D eigenvalue weighted by Crippen LogP contribution is 2.40. The van der Waals surface area contributed by atoms with Gasteiger partial charge in [-0.25, -0.2) is 14.8 Å². The van der Waals surface area contributed by atoms with Crippen LogP contribution in [0.15, 0.2) is 24.4 Å². The number of hydrogen-bond donors (Lipinski definition) is 4. The molecule has 2 heterocycles. The maximum atomic E-state index is 13.5. The van der Waals surface area contributed by atoms with E-state index in [2.05, 4.69) is 9.97 Å². The predicted molar refractivity (Wildman–Crippen MR) is 133 cm³/mol. The van der Waals surface area contributed by atoms with E-state index in [0.29, 0.717) is 18.7 Å². The fourth-order valence-electron chi connectivity index (χ4n) is 3.88. The zero-order valence-electron chi connectivity index (χ0n) is 22.3. The number of halogens is 6. The monoisotopic (exact) mass is 594 g/mol. The maximum Gasteiger partial charge on any atom is 0.490 e. The zero-order chi connectivity index (χ0) is 31.7. The van der Waals surface area contributed by atoms with Gasteiger partial charge in [-0.15, -0.1) is 0 Å². The molecule has 1 aliphatic rings. The van der Waals surface area contributed by atoms with Crippen LogP contribution in [0.2, 0.25) is 0 Å². The minimum Gasteiger partial charge on any atom is -0.475 e. The molecular formula is C24H28F6N6O5. The highest BCUT2D eigenvalue weighted by Gasteiger charge is 2.60. The first-order valence-corrected chi connectivity index (χ1v) is 11.7. The Morgan fingerprint density at radius 1 is 1.05 bits per heavy atom. The number of primary amides is 1. The molecule has 41 heavy (non-hydrogen) atoms. The first-order chi connectivity index (χ1) is 18.5. The molecule has 11 nitrogen and oxygen atoms in total. The number of aliphatic hydroxyl groups is 1. The molecule has 1 aromatic carbocycles. The third-order valence-corrected chi connectivity index (χ3v) is 6.05. The number of piperazine rings is 1. The second-order valence-electron chi connectivity index (χ2n) is 10.0. The number of nitrogen functional groups attached to an aromatic ring is 1. The van der Waals surface area contributed by atoms with E-state index in [1.165, 1.54) is 12.3 Å². The lowest BCUT2D eigenvalue weighted by Crippen LogP contribution is -2.57. The van der Waals surface area contributed by atoms with Crippen molar-refractivity contribution >= 4 is 29.4 Å². The fourth-order valence-corrected chi connectivity index (χ4v) is 3.88. The molecule has 226 valence electrons. The Balaban J connectivity index is 0.000000745. The average Bonchev–Trinajstić information content (AvgIpc) is 2.82. The highest BCUT2D eigenvalue weighted by molar-refractivity contribution is 5.87. The number of rotatable bonds is 4. The van der Waals surface area contributed by atoms with Crippen LogP contribution in [-0.2, 0) is 20.0 Å². The fraction of sp³-hybridized carbons (Fsp3) is 0.458. The number of benzene rings is 1. The lowest BCUT2D eigenvalue weighted by molar-refractivity contribution is -0.255. The molecule has 1 atom stereocenters. The van der Waals surface area contributed by atoms with Crippen LogP contribution in [0.25, 0.3) is 11.3 Å². The largest absolute Gasteiger partial charge is 0.490 e. The number of nitrogens with zero attached hydrogens (tertiary/aromatic N) is 4. The molecule has 6 N–H and O–H groups in total. The topological polar surface area (TPSA) is 176 Å². The summed E-state index contributed by atoms with van der Waals surface area (Å²) in [4.78, 5) is 45.2. The zero-order valence-corrected chi connectivity index (χ0v) is 22.3. The number of amides is 2. The summed E-state index contributed by atoms with van der Waals surface area (Å²) in [5.74, 6) is -4.56. The Morgan fingerprint density at radius 3 is 2.05 bits per heavy atom. The van der Waals surface area contributed by atoms with Crippen molar-refractivity contribution in [3.05, 3.63) is 35.5 Å². The summed E-state index contributed by atoms with van der Waals surface area (Å²) in [5.41, 5.74) is 6.80. The van der Waals surface area contributed by atoms with Gasteiger partial charge in [-0.05, 0) is 39.3 Å². The van der Waals surface area contributed by atoms with E-state index in [4.69, 9.17) is 21.4 Å². The summed E-state index contributed by atoms with van der Waals surface area (Å²) in [7, 11) is 0. The van der Waals surface area contributed by atoms with E-state index in [0.717, 1.165) is 12.1 Å². The van der Waals surface area contributed by atoms with E-state index in [-0.39, 0.29) is 40.9 Å². The molecule has 17 heteroatoms. The van der Waals surface area contributed by atoms with Crippen molar-refractivity contribution in [2.45, 2.75) is 51.2 Å². The number of aryl methyl sites for hydroxylation is 1. The van der Waals surface area contributed by atoms with Gasteiger partial charge in [0.25, 0.3) is 11.5 Å². The molecule has 1 fully saturated rings. The number of aliphatic carboxylic acids is 1. The van der Waals surface area contributed by atoms with Crippen LogP contribution >= 0.6 is 0 Å². The van der Waals surface area contributed by atoms with Crippen molar-refractivity contribution in [3.63, 3.8) is 0 Å². The molecule has 2 aromatic rings. The highest BCUT2D eigenvalue weighted by atomic mass is 19.4. The van der Waals surface area contributed by atoms with Crippen molar-refractivity contribution in [2.24, 2.45) is 5.73 Å². The summed E-state index contributed by atoms with van der Waals surface area (Å²) in [6.45, 7) is 8.28. The Bertz CT molecular complexity index is 1330. The van der Waals surface area contributed by atoms with E-state index in [9.17, 15) is 41.0 Å². The first-order valence-electron chi connectivity index (χ1n) is 11.7. The van der Waals surface area contributed by atoms with Crippen LogP contribution in [0.4, 0.5) is 38.0 Å². The van der Waals surface area contributed by atoms with Gasteiger partial charge in [-0.2, -0.15) is 26.3 Å². The lowest BCUT2D eigenvalue weighted by atomic mass is 9.89. The molecule has 2 amide bonds. The molecule has 1 unspecified atom stereocenters. The number of hydrogen-bond acceptors (Lipinski definition) is 8. The van der Waals surface area contributed by atoms with E-state index < -0.39 is 35.4 Å². The van der Waals surface area contributed by atoms with Gasteiger partial charge in [0.1, 0.15) is 0 Å². The van der Waals surface area contributed by atoms with Crippen molar-refractivity contribution in [2.75, 3.05) is 30.3 Å². The third kappa shape index (κ3) is 7.14. The van der Waals surface area contributed by atoms with Gasteiger partial charge >= 0.3 is 18.3 Å². The molecule has 0 spiro atoms. The minimum absolute atomic E-state index is 0.00806. The minimum atomic E-state index is -5.34. The van der Waals surface area contributed by atoms with Crippen molar-refractivity contribution < 1.29 is 50.9 Å². The molecule has 0 aliphatic carbocycles. The van der Waals surface area contributed by atoms with Crippen molar-refractivity contribution in [1.82, 2.24) is 14.9 Å². The summed E-state index contributed by atoms with van der Waals surface area (Å²) in [5, 5.41) is 17.3. The van der Waals surface area contributed by atoms with Crippen LogP contribution in [0.1, 0.15) is 31.9 Å². The standard InChI is InChI=1S/C22H27F3N6O3.C2HF3O2/c1-12-5-6-13(21(34,19(27)33)22(23,24)25)9-14(12)15-10-28-17(26)18(29-15)30-7-8-31(16(32)11-30)20(2,3)4;3-2(4,5)1(6)7/h5-6,9-10,34H,7-8,11H2,1-4H3,(H2,26,28)(H2,27,33);(H,6,7). The maximum absolute atomic E-state index is 13.5. The van der Waals surface area contributed by atoms with Gasteiger partial charge in [0.15, 0.2) is 11.6 Å². The van der Waals surface area contributed by atoms with Crippen LogP contribution in [0.5, 0.6) is 0 Å². The van der Waals surface area contributed by atoms with Crippen molar-refractivity contribution in [1.29, 1.82) is 0 Å². The average molecular weight is 595 g/mol. The Morgan fingerprint density at radius 2 is 1.61 bits per heavy atom. The second kappa shape index (κ2) is 11.4. The van der Waals surface area contributed by atoms with Gasteiger partial charge in [0.05, 0.1) is 18.4 Å². The van der Waals surface area contributed by atoms with E-state index in [1.807, 2.05) is 20.8 Å². The number of nitrogens with two attached hydrogens (primary N) is 2. The van der Waals surface area contributed by atoms with Gasteiger partial charge in [0, 0.05) is 29.8 Å². The van der Waals surface area contributed by atoms with E-state index in [1.54, 1.807) is 16.7 Å². The molecular weight excluding hydrogens is 566 g/mol. The van der Waals surface area contributed by atoms with Crippen LogP contribution in [0.3, 0.4) is 0 Å². The number of carboxylic acid groups (broad SMARTS) is 1. The van der Waals surface area contributed by atoms with E-state index >= 15 is 0 Å². The smallest absolute Gasteiger partial charge is 0.475 e. The van der Waals surface area contributed by atoms with Gasteiger partial charge in [-0.3, -0.25) is 9.59 Å². The third-order valence-electron chi connectivity index (χ3n) is 6.05. The Hall–Kier alpha value is -4.15. The van der Waals surface area contributed by atoms with Crippen LogP contribution < -0.4 is 16.4 Å². The van der Waals surface area contributed by atoms with Crippen LogP contribution in [-0.4, -0.2) is 80.4 Å². The van der Waals surface area contributed by atoms with Gasteiger partial charge in [0.2, 0.25) is 5.91 Å². The molecule has 1 saturated heterocycles. The quantitative estimate of drug-likeness (QED) is 0.387.